The van der Waals surface area contributed by atoms with E-state index in [0.29, 0.717) is 0 Å². The molecule has 1 N–H and O–H groups in total. The molecule has 0 spiro atoms. The Morgan fingerprint density at radius 3 is 2.68 bits per heavy atom. The molecule has 0 aromatic heterocycles. The minimum atomic E-state index is -3.09. The van der Waals surface area contributed by atoms with Crippen LogP contribution in [0.15, 0.2) is 30.3 Å². The van der Waals surface area contributed by atoms with Crippen LogP contribution in [0.3, 0.4) is 0 Å². The van der Waals surface area contributed by atoms with Crippen LogP contribution < -0.4 is 5.32 Å². The van der Waals surface area contributed by atoms with E-state index in [1.165, 1.54) is 0 Å². The molecule has 2 atom stereocenters. The van der Waals surface area contributed by atoms with E-state index < -0.39 is 15.1 Å². The number of hydrogen-bond donors (Lipinski definition) is 1. The highest BCUT2D eigenvalue weighted by atomic mass is 32.2. The van der Waals surface area contributed by atoms with Crippen molar-refractivity contribution in [3.05, 3.63) is 35.9 Å². The minimum absolute atomic E-state index is 0.0155. The molecule has 6 heteroatoms. The van der Waals surface area contributed by atoms with Gasteiger partial charge in [-0.1, -0.05) is 30.0 Å². The Bertz CT molecular complexity index is 689. The molecule has 22 heavy (non-hydrogen) atoms. The number of rotatable bonds is 1. The fourth-order valence-corrected chi connectivity index (χ4v) is 3.91. The fourth-order valence-electron chi connectivity index (χ4n) is 2.34. The van der Waals surface area contributed by atoms with Gasteiger partial charge in [-0.2, -0.15) is 0 Å². The second-order valence-corrected chi connectivity index (χ2v) is 7.81. The Morgan fingerprint density at radius 1 is 1.32 bits per heavy atom. The van der Waals surface area contributed by atoms with Crippen molar-refractivity contribution in [1.82, 2.24) is 10.2 Å². The summed E-state index contributed by atoms with van der Waals surface area (Å²) in [5.41, 5.74) is 0.891. The van der Waals surface area contributed by atoms with E-state index in [4.69, 9.17) is 0 Å². The lowest BCUT2D eigenvalue weighted by atomic mass is 10.2. The highest BCUT2D eigenvalue weighted by Crippen LogP contribution is 2.19. The van der Waals surface area contributed by atoms with Crippen LogP contribution in [0.1, 0.15) is 19.4 Å². The van der Waals surface area contributed by atoms with Gasteiger partial charge in [0.05, 0.1) is 17.5 Å². The summed E-state index contributed by atoms with van der Waals surface area (Å²) in [6.07, 6.45) is 0. The molecular weight excluding hydrogens is 300 g/mol. The molecule has 0 unspecified atom stereocenters. The van der Waals surface area contributed by atoms with Crippen LogP contribution in [0.2, 0.25) is 0 Å². The van der Waals surface area contributed by atoms with Gasteiger partial charge in [-0.3, -0.25) is 0 Å². The Hall–Kier alpha value is -2.00. The maximum Gasteiger partial charge on any atom is 0.318 e. The molecule has 118 valence electrons. The maximum atomic E-state index is 12.1. The third-order valence-electron chi connectivity index (χ3n) is 3.95. The molecule has 0 saturated carbocycles. The van der Waals surface area contributed by atoms with Crippen LogP contribution in [-0.4, -0.2) is 49.5 Å². The zero-order valence-corrected chi connectivity index (χ0v) is 13.6. The van der Waals surface area contributed by atoms with Crippen LogP contribution in [-0.2, 0) is 9.84 Å². The van der Waals surface area contributed by atoms with E-state index in [2.05, 4.69) is 17.2 Å². The van der Waals surface area contributed by atoms with Gasteiger partial charge >= 0.3 is 6.03 Å². The first-order valence-electron chi connectivity index (χ1n) is 7.22. The average molecular weight is 320 g/mol. The van der Waals surface area contributed by atoms with Crippen molar-refractivity contribution in [2.75, 3.05) is 18.8 Å². The third-order valence-corrected chi connectivity index (χ3v) is 6.23. The summed E-state index contributed by atoms with van der Waals surface area (Å²) in [5, 5.41) is 2.18. The molecule has 1 aromatic carbocycles. The van der Waals surface area contributed by atoms with Crippen molar-refractivity contribution < 1.29 is 13.2 Å². The summed E-state index contributed by atoms with van der Waals surface area (Å²) in [6, 6.07) is 8.92. The van der Waals surface area contributed by atoms with Crippen LogP contribution in [0.25, 0.3) is 0 Å². The molecule has 2 amide bonds. The molecule has 1 heterocycles. The number of nitrogens with one attached hydrogen (secondary N) is 1. The maximum absolute atomic E-state index is 12.1. The van der Waals surface area contributed by atoms with Gasteiger partial charge < -0.3 is 10.2 Å². The zero-order valence-electron chi connectivity index (χ0n) is 12.7. The van der Waals surface area contributed by atoms with Crippen LogP contribution >= 0.6 is 0 Å². The summed E-state index contributed by atoms with van der Waals surface area (Å²) in [6.45, 7) is 3.87. The number of carbonyl (C=O) groups is 1. The van der Waals surface area contributed by atoms with E-state index in [-0.39, 0.29) is 30.9 Å². The third kappa shape index (κ3) is 3.80. The summed E-state index contributed by atoms with van der Waals surface area (Å²) in [5.74, 6) is 5.86. The highest BCUT2D eigenvalue weighted by molar-refractivity contribution is 7.92. The fraction of sp³-hybridized carbons (Fsp3) is 0.438. The minimum Gasteiger partial charge on any atom is -0.327 e. The van der Waals surface area contributed by atoms with E-state index in [9.17, 15) is 13.2 Å². The number of amides is 2. The molecule has 0 radical (unpaired) electrons. The molecule has 1 aliphatic rings. The highest BCUT2D eigenvalue weighted by Gasteiger charge is 2.37. The molecule has 1 fully saturated rings. The second-order valence-electron chi connectivity index (χ2n) is 5.33. The second kappa shape index (κ2) is 6.84. The van der Waals surface area contributed by atoms with Gasteiger partial charge in [-0.05, 0) is 26.0 Å². The Morgan fingerprint density at radius 2 is 2.00 bits per heavy atom. The van der Waals surface area contributed by atoms with Crippen LogP contribution in [0.4, 0.5) is 4.79 Å². The molecule has 1 aliphatic heterocycles. The quantitative estimate of drug-likeness (QED) is 0.792. The van der Waals surface area contributed by atoms with Crippen molar-refractivity contribution >= 4 is 15.9 Å². The van der Waals surface area contributed by atoms with Crippen LogP contribution in [0.5, 0.6) is 0 Å². The first kappa shape index (κ1) is 16.4. The predicted molar refractivity (Wildman–Crippen MR) is 86.1 cm³/mol. The van der Waals surface area contributed by atoms with E-state index in [1.807, 2.05) is 30.3 Å². The van der Waals surface area contributed by atoms with Gasteiger partial charge in [0.2, 0.25) is 0 Å². The number of urea groups is 1. The molecule has 1 aromatic rings. The number of benzene rings is 1. The lowest BCUT2D eigenvalue weighted by molar-refractivity contribution is 0.179. The summed E-state index contributed by atoms with van der Waals surface area (Å²) in [4.78, 5) is 13.7. The van der Waals surface area contributed by atoms with E-state index in [0.717, 1.165) is 5.56 Å². The lowest BCUT2D eigenvalue weighted by Crippen LogP contribution is -2.56. The predicted octanol–water partition coefficient (Wildman–Crippen LogP) is 1.26. The van der Waals surface area contributed by atoms with Gasteiger partial charge in [0.25, 0.3) is 0 Å². The van der Waals surface area contributed by atoms with Crippen molar-refractivity contribution in [2.24, 2.45) is 0 Å². The molecular formula is C16H20N2O3S. The van der Waals surface area contributed by atoms with Gasteiger partial charge in [0.15, 0.2) is 9.84 Å². The van der Waals surface area contributed by atoms with Gasteiger partial charge in [0.1, 0.15) is 0 Å². The monoisotopic (exact) mass is 320 g/mol. The van der Waals surface area contributed by atoms with Gasteiger partial charge in [-0.15, -0.1) is 0 Å². The lowest BCUT2D eigenvalue weighted by Gasteiger charge is -2.37. The molecule has 2 rings (SSSR count). The van der Waals surface area contributed by atoms with Gasteiger partial charge in [0, 0.05) is 18.2 Å². The normalized spacial score (nSPS) is 23.3. The topological polar surface area (TPSA) is 66.5 Å². The molecule has 5 nitrogen and oxygen atoms in total. The smallest absolute Gasteiger partial charge is 0.318 e. The van der Waals surface area contributed by atoms with Crippen molar-refractivity contribution in [3.8, 4) is 11.8 Å². The molecule has 0 aliphatic carbocycles. The van der Waals surface area contributed by atoms with Crippen molar-refractivity contribution in [1.29, 1.82) is 0 Å². The van der Waals surface area contributed by atoms with Crippen molar-refractivity contribution in [2.45, 2.75) is 25.1 Å². The summed E-state index contributed by atoms with van der Waals surface area (Å²) in [7, 11) is -3.09. The number of sulfone groups is 1. The average Bonchev–Trinajstić information content (AvgIpc) is 2.50. The zero-order chi connectivity index (χ0) is 16.2. The largest absolute Gasteiger partial charge is 0.327 e. The SMILES string of the molecule is C[C@@H]1[C@H](C)S(=O)(=O)CCN1C(=O)NCC#Cc1ccccc1. The Balaban J connectivity index is 1.90. The Labute approximate surface area is 131 Å². The van der Waals surface area contributed by atoms with Crippen molar-refractivity contribution in [3.63, 3.8) is 0 Å². The summed E-state index contributed by atoms with van der Waals surface area (Å²) < 4.78 is 23.6. The first-order valence-corrected chi connectivity index (χ1v) is 8.93. The Kier molecular flexibility index (Phi) is 5.09. The van der Waals surface area contributed by atoms with E-state index >= 15 is 0 Å². The molecule has 1 saturated heterocycles. The first-order chi connectivity index (χ1) is 10.4. The number of nitrogens with zero attached hydrogens (tertiary/aromatic N) is 1. The summed E-state index contributed by atoms with van der Waals surface area (Å²) >= 11 is 0. The van der Waals surface area contributed by atoms with Crippen LogP contribution in [0, 0.1) is 11.8 Å². The van der Waals surface area contributed by atoms with E-state index in [1.54, 1.807) is 18.7 Å². The standard InChI is InChI=1S/C16H20N2O3S/c1-13-14(2)22(20,21)12-11-18(13)16(19)17-10-6-9-15-7-4-3-5-8-15/h3-5,7-8,13-14H,10-12H2,1-2H3,(H,17,19)/t13-,14+/m1/s1. The number of carbonyl (C=O) groups excluding carboxylic acids is 1. The molecule has 0 bridgehead atoms. The number of hydrogen-bond acceptors (Lipinski definition) is 3. The van der Waals surface area contributed by atoms with Gasteiger partial charge in [-0.25, -0.2) is 13.2 Å².